The first kappa shape index (κ1) is 18.3. The van der Waals surface area contributed by atoms with Crippen LogP contribution in [0.15, 0.2) is 24.3 Å². The molecule has 0 aliphatic heterocycles. The maximum atomic E-state index is 11.5. The van der Waals surface area contributed by atoms with Crippen molar-refractivity contribution in [1.82, 2.24) is 5.32 Å². The lowest BCUT2D eigenvalue weighted by atomic mass is 10.2. The fraction of sp³-hybridized carbons (Fsp3) is 0.500. The number of hydrogen-bond acceptors (Lipinski definition) is 2. The van der Waals surface area contributed by atoms with Gasteiger partial charge in [0.2, 0.25) is 0 Å². The Morgan fingerprint density at radius 3 is 2.55 bits per heavy atom. The highest BCUT2D eigenvalue weighted by molar-refractivity contribution is 6.88. The van der Waals surface area contributed by atoms with Crippen LogP contribution in [0.5, 0.6) is 0 Å². The van der Waals surface area contributed by atoms with Crippen LogP contribution in [-0.2, 0) is 4.74 Å². The summed E-state index contributed by atoms with van der Waals surface area (Å²) >= 11 is 0. The highest BCUT2D eigenvalue weighted by Gasteiger charge is 2.16. The van der Waals surface area contributed by atoms with E-state index < -0.39 is 19.8 Å². The lowest BCUT2D eigenvalue weighted by molar-refractivity contribution is 0.0529. The van der Waals surface area contributed by atoms with Gasteiger partial charge in [-0.25, -0.2) is 4.79 Å². The number of ether oxygens (including phenoxy) is 1. The molecule has 1 N–H and O–H groups in total. The second kappa shape index (κ2) is 7.51. The van der Waals surface area contributed by atoms with Crippen molar-refractivity contribution in [3.63, 3.8) is 0 Å². The van der Waals surface area contributed by atoms with Crippen LogP contribution < -0.4 is 10.5 Å². The van der Waals surface area contributed by atoms with E-state index in [-0.39, 0.29) is 0 Å². The second-order valence-electron chi connectivity index (χ2n) is 7.31. The van der Waals surface area contributed by atoms with Crippen LogP contribution >= 0.6 is 0 Å². The molecule has 0 bridgehead atoms. The smallest absolute Gasteiger partial charge is 0.407 e. The Morgan fingerprint density at radius 2 is 1.95 bits per heavy atom. The van der Waals surface area contributed by atoms with E-state index >= 15 is 0 Å². The van der Waals surface area contributed by atoms with Crippen molar-refractivity contribution in [2.45, 2.75) is 52.4 Å². The first-order chi connectivity index (χ1) is 10.1. The molecule has 0 aliphatic carbocycles. The molecule has 0 radical (unpaired) electrons. The van der Waals surface area contributed by atoms with Crippen molar-refractivity contribution in [1.29, 1.82) is 0 Å². The standard InChI is InChI=1S/C18H27NO2Si/c1-18(2,3)21-17(20)19-13-8-7-10-15-11-9-12-16(14-15)22(4,5)6/h9,11-12,14H,8,13H2,1-6H3,(H,19,20). The van der Waals surface area contributed by atoms with Gasteiger partial charge >= 0.3 is 6.09 Å². The molecule has 4 heteroatoms. The molecule has 0 aliphatic rings. The summed E-state index contributed by atoms with van der Waals surface area (Å²) in [6.45, 7) is 13.0. The fourth-order valence-corrected chi connectivity index (χ4v) is 2.95. The number of hydrogen-bond donors (Lipinski definition) is 1. The van der Waals surface area contributed by atoms with Crippen LogP contribution in [0.4, 0.5) is 4.79 Å². The Kier molecular flexibility index (Phi) is 6.25. The summed E-state index contributed by atoms with van der Waals surface area (Å²) in [5, 5.41) is 4.11. The molecule has 22 heavy (non-hydrogen) atoms. The molecule has 1 aromatic rings. The van der Waals surface area contributed by atoms with Crippen molar-refractivity contribution >= 4 is 19.4 Å². The van der Waals surface area contributed by atoms with Gasteiger partial charge in [0.1, 0.15) is 5.60 Å². The molecule has 0 spiro atoms. The topological polar surface area (TPSA) is 38.3 Å². The largest absolute Gasteiger partial charge is 0.444 e. The fourth-order valence-electron chi connectivity index (χ4n) is 1.77. The monoisotopic (exact) mass is 317 g/mol. The average Bonchev–Trinajstić information content (AvgIpc) is 2.35. The van der Waals surface area contributed by atoms with E-state index in [0.29, 0.717) is 13.0 Å². The van der Waals surface area contributed by atoms with Gasteiger partial charge in [-0.1, -0.05) is 48.8 Å². The van der Waals surface area contributed by atoms with E-state index in [1.54, 1.807) is 0 Å². The van der Waals surface area contributed by atoms with Crippen LogP contribution in [-0.4, -0.2) is 26.3 Å². The molecule has 0 aromatic heterocycles. The zero-order valence-corrected chi connectivity index (χ0v) is 15.5. The van der Waals surface area contributed by atoms with E-state index in [9.17, 15) is 4.79 Å². The minimum Gasteiger partial charge on any atom is -0.444 e. The lowest BCUT2D eigenvalue weighted by Crippen LogP contribution is -2.37. The van der Waals surface area contributed by atoms with Gasteiger partial charge in [-0.05, 0) is 32.9 Å². The minimum absolute atomic E-state index is 0.393. The number of nitrogens with one attached hydrogen (secondary N) is 1. The van der Waals surface area contributed by atoms with E-state index in [2.05, 4.69) is 55.0 Å². The molecule has 0 fully saturated rings. The van der Waals surface area contributed by atoms with Crippen LogP contribution in [0.3, 0.4) is 0 Å². The third-order valence-corrected chi connectivity index (χ3v) is 4.92. The zero-order valence-electron chi connectivity index (χ0n) is 14.5. The summed E-state index contributed by atoms with van der Waals surface area (Å²) in [4.78, 5) is 11.5. The van der Waals surface area contributed by atoms with E-state index in [0.717, 1.165) is 5.56 Å². The van der Waals surface area contributed by atoms with Gasteiger partial charge in [0.15, 0.2) is 0 Å². The molecule has 0 unspecified atom stereocenters. The Morgan fingerprint density at radius 1 is 1.27 bits per heavy atom. The summed E-state index contributed by atoms with van der Waals surface area (Å²) in [6, 6.07) is 8.45. The molecule has 3 nitrogen and oxygen atoms in total. The first-order valence-corrected chi connectivity index (χ1v) is 11.1. The van der Waals surface area contributed by atoms with Crippen LogP contribution in [0, 0.1) is 11.8 Å². The zero-order chi connectivity index (χ0) is 16.8. The Hall–Kier alpha value is -1.73. The summed E-state index contributed by atoms with van der Waals surface area (Å²) in [7, 11) is -1.30. The summed E-state index contributed by atoms with van der Waals surface area (Å²) < 4.78 is 5.16. The van der Waals surface area contributed by atoms with Crippen LogP contribution in [0.25, 0.3) is 0 Å². The molecule has 1 amide bonds. The lowest BCUT2D eigenvalue weighted by Gasteiger charge is -2.19. The third-order valence-electron chi connectivity index (χ3n) is 2.88. The molecule has 0 heterocycles. The van der Waals surface area contributed by atoms with Crippen molar-refractivity contribution in [3.05, 3.63) is 29.8 Å². The van der Waals surface area contributed by atoms with Crippen LogP contribution in [0.2, 0.25) is 19.6 Å². The van der Waals surface area contributed by atoms with E-state index in [1.165, 1.54) is 5.19 Å². The Bertz CT molecular complexity index is 571. The Balaban J connectivity index is 2.47. The van der Waals surface area contributed by atoms with Gasteiger partial charge in [0, 0.05) is 18.5 Å². The highest BCUT2D eigenvalue weighted by Crippen LogP contribution is 2.06. The quantitative estimate of drug-likeness (QED) is 0.526. The van der Waals surface area contributed by atoms with Crippen LogP contribution in [0.1, 0.15) is 32.8 Å². The SMILES string of the molecule is CC(C)(C)OC(=O)NCCC#Cc1cccc([Si](C)(C)C)c1. The normalized spacial score (nSPS) is 11.4. The predicted octanol–water partition coefficient (Wildman–Crippen LogP) is 3.50. The summed E-state index contributed by atoms with van der Waals surface area (Å²) in [6.07, 6.45) is 0.214. The summed E-state index contributed by atoms with van der Waals surface area (Å²) in [5.41, 5.74) is 0.574. The average molecular weight is 318 g/mol. The number of benzene rings is 1. The van der Waals surface area contributed by atoms with Gasteiger partial charge in [-0.15, -0.1) is 0 Å². The number of carbonyl (C=O) groups excluding carboxylic acids is 1. The van der Waals surface area contributed by atoms with E-state index in [1.807, 2.05) is 26.8 Å². The number of rotatable bonds is 3. The first-order valence-electron chi connectivity index (χ1n) is 7.64. The maximum absolute atomic E-state index is 11.5. The van der Waals surface area contributed by atoms with Crippen molar-refractivity contribution < 1.29 is 9.53 Å². The molecular formula is C18H27NO2Si. The molecule has 1 rings (SSSR count). The minimum atomic E-state index is -1.30. The number of alkyl carbamates (subject to hydrolysis) is 1. The van der Waals surface area contributed by atoms with Crippen molar-refractivity contribution in [2.24, 2.45) is 0 Å². The van der Waals surface area contributed by atoms with Gasteiger partial charge < -0.3 is 10.1 Å². The molecule has 0 saturated carbocycles. The molecular weight excluding hydrogens is 290 g/mol. The summed E-state index contributed by atoms with van der Waals surface area (Å²) in [5.74, 6) is 6.25. The molecule has 0 saturated heterocycles. The third kappa shape index (κ3) is 7.33. The Labute approximate surface area is 135 Å². The number of carbonyl (C=O) groups is 1. The molecule has 120 valence electrons. The molecule has 1 aromatic carbocycles. The number of amides is 1. The second-order valence-corrected chi connectivity index (χ2v) is 12.4. The van der Waals surface area contributed by atoms with Gasteiger partial charge in [-0.3, -0.25) is 0 Å². The van der Waals surface area contributed by atoms with Gasteiger partial charge in [0.05, 0.1) is 8.07 Å². The highest BCUT2D eigenvalue weighted by atomic mass is 28.3. The maximum Gasteiger partial charge on any atom is 0.407 e. The van der Waals surface area contributed by atoms with Gasteiger partial charge in [0.25, 0.3) is 0 Å². The van der Waals surface area contributed by atoms with E-state index in [4.69, 9.17) is 4.74 Å². The predicted molar refractivity (Wildman–Crippen MR) is 95.2 cm³/mol. The van der Waals surface area contributed by atoms with Gasteiger partial charge in [-0.2, -0.15) is 0 Å². The molecule has 0 atom stereocenters. The van der Waals surface area contributed by atoms with Crippen molar-refractivity contribution in [2.75, 3.05) is 6.54 Å². The van der Waals surface area contributed by atoms with Crippen molar-refractivity contribution in [3.8, 4) is 11.8 Å².